The average Bonchev–Trinajstić information content (AvgIpc) is 3.13. The van der Waals surface area contributed by atoms with E-state index in [4.69, 9.17) is 4.42 Å². The third-order valence-electron chi connectivity index (χ3n) is 4.22. The summed E-state index contributed by atoms with van der Waals surface area (Å²) in [6, 6.07) is 21.1. The predicted molar refractivity (Wildman–Crippen MR) is 107 cm³/mol. The first-order valence-electron chi connectivity index (χ1n) is 8.49. The Morgan fingerprint density at radius 2 is 1.57 bits per heavy atom. The maximum atomic E-state index is 12.6. The minimum Gasteiger partial charge on any atom is -0.463 e. The molecule has 0 saturated carbocycles. The van der Waals surface area contributed by atoms with Crippen molar-refractivity contribution in [2.24, 2.45) is 0 Å². The SMILES string of the molecule is O=C(Nc1ccc(Nc2ccccc2)cc1)c1coc2ccc([N+](=O)[O-])cc12. The minimum absolute atomic E-state index is 0.0979. The van der Waals surface area contributed by atoms with Crippen molar-refractivity contribution >= 4 is 39.6 Å². The predicted octanol–water partition coefficient (Wildman–Crippen LogP) is 5.34. The van der Waals surface area contributed by atoms with Gasteiger partial charge in [-0.3, -0.25) is 14.9 Å². The van der Waals surface area contributed by atoms with Crippen LogP contribution in [0.1, 0.15) is 10.4 Å². The number of rotatable bonds is 5. The molecule has 0 unspecified atom stereocenters. The van der Waals surface area contributed by atoms with Crippen LogP contribution in [0, 0.1) is 10.1 Å². The van der Waals surface area contributed by atoms with E-state index in [9.17, 15) is 14.9 Å². The summed E-state index contributed by atoms with van der Waals surface area (Å²) in [6.45, 7) is 0. The van der Waals surface area contributed by atoms with Gasteiger partial charge in [-0.25, -0.2) is 0 Å². The van der Waals surface area contributed by atoms with Gasteiger partial charge in [0.2, 0.25) is 0 Å². The molecule has 0 saturated heterocycles. The summed E-state index contributed by atoms with van der Waals surface area (Å²) in [5.41, 5.74) is 3.00. The summed E-state index contributed by atoms with van der Waals surface area (Å²) in [5.74, 6) is -0.400. The van der Waals surface area contributed by atoms with Crippen LogP contribution in [-0.2, 0) is 0 Å². The number of hydrogen-bond donors (Lipinski definition) is 2. The van der Waals surface area contributed by atoms with Gasteiger partial charge in [0.05, 0.1) is 10.5 Å². The van der Waals surface area contributed by atoms with Crippen molar-refractivity contribution < 1.29 is 14.1 Å². The summed E-state index contributed by atoms with van der Waals surface area (Å²) in [4.78, 5) is 23.1. The van der Waals surface area contributed by atoms with E-state index in [1.807, 2.05) is 42.5 Å². The fourth-order valence-corrected chi connectivity index (χ4v) is 2.83. The molecule has 0 fully saturated rings. The lowest BCUT2D eigenvalue weighted by atomic mass is 10.1. The molecular formula is C21H15N3O4. The van der Waals surface area contributed by atoms with Gasteiger partial charge in [0.1, 0.15) is 11.8 Å². The van der Waals surface area contributed by atoms with E-state index in [1.54, 1.807) is 12.1 Å². The number of nitrogens with one attached hydrogen (secondary N) is 2. The number of nitro benzene ring substituents is 1. The molecule has 0 radical (unpaired) electrons. The van der Waals surface area contributed by atoms with E-state index >= 15 is 0 Å². The zero-order chi connectivity index (χ0) is 19.5. The number of nitro groups is 1. The summed E-state index contributed by atoms with van der Waals surface area (Å²) in [5, 5.41) is 17.4. The van der Waals surface area contributed by atoms with Crippen LogP contribution >= 0.6 is 0 Å². The Hall–Kier alpha value is -4.13. The molecule has 0 aliphatic carbocycles. The van der Waals surface area contributed by atoms with Crippen molar-refractivity contribution in [1.82, 2.24) is 0 Å². The molecule has 1 amide bonds. The van der Waals surface area contributed by atoms with Gasteiger partial charge >= 0.3 is 0 Å². The fourth-order valence-electron chi connectivity index (χ4n) is 2.83. The van der Waals surface area contributed by atoms with Gasteiger partial charge in [0, 0.05) is 34.6 Å². The highest BCUT2D eigenvalue weighted by Gasteiger charge is 2.17. The highest BCUT2D eigenvalue weighted by molar-refractivity contribution is 6.12. The number of fused-ring (bicyclic) bond motifs is 1. The first-order valence-corrected chi connectivity index (χ1v) is 8.49. The van der Waals surface area contributed by atoms with Crippen molar-refractivity contribution in [2.75, 3.05) is 10.6 Å². The number of amides is 1. The molecule has 0 aliphatic heterocycles. The van der Waals surface area contributed by atoms with Crippen LogP contribution in [0.4, 0.5) is 22.7 Å². The third-order valence-corrected chi connectivity index (χ3v) is 4.22. The minimum atomic E-state index is -0.507. The standard InChI is InChI=1S/C21H15N3O4/c25-21(19-13-28-20-11-10-17(24(26)27)12-18(19)20)23-16-8-6-15(7-9-16)22-14-4-2-1-3-5-14/h1-13,22H,(H,23,25). The molecule has 7 nitrogen and oxygen atoms in total. The van der Waals surface area contributed by atoms with E-state index in [-0.39, 0.29) is 11.3 Å². The lowest BCUT2D eigenvalue weighted by Gasteiger charge is -2.08. The summed E-state index contributed by atoms with van der Waals surface area (Å²) in [6.07, 6.45) is 1.30. The number of carbonyl (C=O) groups is 1. The van der Waals surface area contributed by atoms with Crippen LogP contribution < -0.4 is 10.6 Å². The Morgan fingerprint density at radius 3 is 2.29 bits per heavy atom. The molecular weight excluding hydrogens is 358 g/mol. The van der Waals surface area contributed by atoms with Crippen molar-refractivity contribution in [3.05, 3.63) is 94.7 Å². The third kappa shape index (κ3) is 3.54. The highest BCUT2D eigenvalue weighted by atomic mass is 16.6. The van der Waals surface area contributed by atoms with Crippen LogP contribution in [0.3, 0.4) is 0 Å². The number of furan rings is 1. The van der Waals surface area contributed by atoms with Crippen molar-refractivity contribution in [1.29, 1.82) is 0 Å². The van der Waals surface area contributed by atoms with E-state index in [0.717, 1.165) is 11.4 Å². The quantitative estimate of drug-likeness (QED) is 0.364. The fraction of sp³-hybridized carbons (Fsp3) is 0. The Bertz CT molecular complexity index is 1150. The second kappa shape index (κ2) is 7.24. The Morgan fingerprint density at radius 1 is 0.893 bits per heavy atom. The number of anilines is 3. The molecule has 28 heavy (non-hydrogen) atoms. The van der Waals surface area contributed by atoms with Crippen LogP contribution in [0.15, 0.2) is 83.5 Å². The van der Waals surface area contributed by atoms with Crippen LogP contribution in [0.25, 0.3) is 11.0 Å². The number of benzene rings is 3. The highest BCUT2D eigenvalue weighted by Crippen LogP contribution is 2.27. The summed E-state index contributed by atoms with van der Waals surface area (Å²) >= 11 is 0. The second-order valence-corrected chi connectivity index (χ2v) is 6.11. The molecule has 2 N–H and O–H groups in total. The van der Waals surface area contributed by atoms with Gasteiger partial charge in [-0.2, -0.15) is 0 Å². The van der Waals surface area contributed by atoms with Gasteiger partial charge in [0.15, 0.2) is 0 Å². The average molecular weight is 373 g/mol. The van der Waals surface area contributed by atoms with E-state index in [2.05, 4.69) is 10.6 Å². The topological polar surface area (TPSA) is 97.4 Å². The lowest BCUT2D eigenvalue weighted by Crippen LogP contribution is -2.11. The van der Waals surface area contributed by atoms with Crippen molar-refractivity contribution in [2.45, 2.75) is 0 Å². The molecule has 4 aromatic rings. The van der Waals surface area contributed by atoms with Gasteiger partial charge in [0.25, 0.3) is 11.6 Å². The zero-order valence-corrected chi connectivity index (χ0v) is 14.6. The largest absolute Gasteiger partial charge is 0.463 e. The first kappa shape index (κ1) is 17.3. The van der Waals surface area contributed by atoms with E-state index in [1.165, 1.54) is 24.5 Å². The van der Waals surface area contributed by atoms with Crippen LogP contribution in [-0.4, -0.2) is 10.8 Å². The first-order chi connectivity index (χ1) is 13.6. The Balaban J connectivity index is 1.51. The monoisotopic (exact) mass is 373 g/mol. The van der Waals surface area contributed by atoms with Gasteiger partial charge in [-0.1, -0.05) is 18.2 Å². The summed E-state index contributed by atoms with van der Waals surface area (Å²) in [7, 11) is 0. The molecule has 7 heteroatoms. The van der Waals surface area contributed by atoms with E-state index in [0.29, 0.717) is 16.7 Å². The lowest BCUT2D eigenvalue weighted by molar-refractivity contribution is -0.384. The Kier molecular flexibility index (Phi) is 4.47. The number of carbonyl (C=O) groups excluding carboxylic acids is 1. The smallest absolute Gasteiger partial charge is 0.270 e. The molecule has 3 aromatic carbocycles. The molecule has 0 aliphatic rings. The van der Waals surface area contributed by atoms with Crippen LogP contribution in [0.5, 0.6) is 0 Å². The molecule has 138 valence electrons. The van der Waals surface area contributed by atoms with Gasteiger partial charge in [-0.05, 0) is 42.5 Å². The maximum absolute atomic E-state index is 12.6. The van der Waals surface area contributed by atoms with Crippen molar-refractivity contribution in [3.63, 3.8) is 0 Å². The zero-order valence-electron chi connectivity index (χ0n) is 14.6. The van der Waals surface area contributed by atoms with Gasteiger partial charge < -0.3 is 15.1 Å². The number of non-ortho nitro benzene ring substituents is 1. The second-order valence-electron chi connectivity index (χ2n) is 6.11. The molecule has 1 aromatic heterocycles. The molecule has 1 heterocycles. The molecule has 0 spiro atoms. The number of nitrogens with zero attached hydrogens (tertiary/aromatic N) is 1. The van der Waals surface area contributed by atoms with Gasteiger partial charge in [-0.15, -0.1) is 0 Å². The van der Waals surface area contributed by atoms with Crippen LogP contribution in [0.2, 0.25) is 0 Å². The van der Waals surface area contributed by atoms with Crippen molar-refractivity contribution in [3.8, 4) is 0 Å². The normalized spacial score (nSPS) is 10.6. The molecule has 0 atom stereocenters. The number of hydrogen-bond acceptors (Lipinski definition) is 5. The molecule has 4 rings (SSSR count). The maximum Gasteiger partial charge on any atom is 0.270 e. The molecule has 0 bridgehead atoms. The number of para-hydroxylation sites is 1. The Labute approximate surface area is 159 Å². The summed E-state index contributed by atoms with van der Waals surface area (Å²) < 4.78 is 5.33. The van der Waals surface area contributed by atoms with E-state index < -0.39 is 10.8 Å².